The first-order valence-corrected chi connectivity index (χ1v) is 8.88. The molecule has 1 amide bonds. The molecule has 0 saturated carbocycles. The van der Waals surface area contributed by atoms with Crippen molar-refractivity contribution in [2.45, 2.75) is 5.92 Å². The number of amides is 1. The number of nitrogens with zero attached hydrogens (tertiary/aromatic N) is 6. The third kappa shape index (κ3) is 2.53. The van der Waals surface area contributed by atoms with E-state index < -0.39 is 0 Å². The smallest absolute Gasteiger partial charge is 0.253 e. The summed E-state index contributed by atoms with van der Waals surface area (Å²) in [5.41, 5.74) is 3.93. The molecule has 1 aliphatic heterocycles. The summed E-state index contributed by atoms with van der Waals surface area (Å²) in [6, 6.07) is 5.58. The van der Waals surface area contributed by atoms with E-state index in [1.807, 2.05) is 18.2 Å². The zero-order chi connectivity index (χ0) is 17.5. The van der Waals surface area contributed by atoms with E-state index in [2.05, 4.69) is 25.1 Å². The molecule has 4 heterocycles. The Bertz CT molecular complexity index is 1090. The molecule has 3 aromatic heterocycles. The van der Waals surface area contributed by atoms with Crippen molar-refractivity contribution in [3.8, 4) is 11.5 Å². The second kappa shape index (κ2) is 5.95. The quantitative estimate of drug-likeness (QED) is 0.550. The maximum Gasteiger partial charge on any atom is 0.253 e. The van der Waals surface area contributed by atoms with Gasteiger partial charge in [-0.3, -0.25) is 9.78 Å². The Balaban J connectivity index is 1.28. The zero-order valence-corrected chi connectivity index (χ0v) is 14.3. The van der Waals surface area contributed by atoms with E-state index in [-0.39, 0.29) is 11.8 Å². The van der Waals surface area contributed by atoms with E-state index in [4.69, 9.17) is 4.52 Å². The monoisotopic (exact) mass is 364 g/mol. The maximum atomic E-state index is 12.6. The van der Waals surface area contributed by atoms with Gasteiger partial charge < -0.3 is 9.42 Å². The van der Waals surface area contributed by atoms with Crippen molar-refractivity contribution < 1.29 is 9.32 Å². The number of aromatic nitrogens is 5. The van der Waals surface area contributed by atoms with Gasteiger partial charge in [0.2, 0.25) is 11.7 Å². The van der Waals surface area contributed by atoms with Crippen LogP contribution in [0.1, 0.15) is 22.2 Å². The Morgan fingerprint density at radius 2 is 2.15 bits per heavy atom. The topological polar surface area (TPSA) is 97.9 Å². The fourth-order valence-corrected chi connectivity index (χ4v) is 3.61. The minimum absolute atomic E-state index is 0.00483. The zero-order valence-electron chi connectivity index (χ0n) is 13.4. The Morgan fingerprint density at radius 1 is 1.23 bits per heavy atom. The van der Waals surface area contributed by atoms with Gasteiger partial charge in [0, 0.05) is 31.0 Å². The van der Waals surface area contributed by atoms with Gasteiger partial charge in [0.1, 0.15) is 5.69 Å². The summed E-state index contributed by atoms with van der Waals surface area (Å²) in [5.74, 6) is 0.982. The van der Waals surface area contributed by atoms with E-state index in [1.165, 1.54) is 11.3 Å². The Morgan fingerprint density at radius 3 is 3.00 bits per heavy atom. The van der Waals surface area contributed by atoms with Crippen LogP contribution in [0.5, 0.6) is 0 Å². The SMILES string of the molecule is O=C(c1ccc2ncsc2c1)N1CC(c2nc(-c3cnccn3)no2)C1. The van der Waals surface area contributed by atoms with Gasteiger partial charge in [0.25, 0.3) is 5.91 Å². The second-order valence-corrected chi connectivity index (χ2v) is 6.88. The lowest BCUT2D eigenvalue weighted by Crippen LogP contribution is -2.48. The molecule has 1 saturated heterocycles. The molecule has 1 fully saturated rings. The molecule has 0 bridgehead atoms. The average molecular weight is 364 g/mol. The highest BCUT2D eigenvalue weighted by Crippen LogP contribution is 2.29. The van der Waals surface area contributed by atoms with Crippen LogP contribution in [0.15, 0.2) is 46.8 Å². The third-order valence-electron chi connectivity index (χ3n) is 4.33. The largest absolute Gasteiger partial charge is 0.338 e. The second-order valence-electron chi connectivity index (χ2n) is 5.99. The summed E-state index contributed by atoms with van der Waals surface area (Å²) >= 11 is 1.53. The van der Waals surface area contributed by atoms with E-state index in [1.54, 1.807) is 29.0 Å². The molecule has 0 spiro atoms. The van der Waals surface area contributed by atoms with Crippen LogP contribution in [0.4, 0.5) is 0 Å². The van der Waals surface area contributed by atoms with Crippen molar-refractivity contribution in [2.24, 2.45) is 0 Å². The summed E-state index contributed by atoms with van der Waals surface area (Å²) in [5, 5.41) is 3.95. The fraction of sp³-hybridized carbons (Fsp3) is 0.176. The van der Waals surface area contributed by atoms with Crippen LogP contribution in [0, 0.1) is 0 Å². The molecule has 0 radical (unpaired) electrons. The predicted octanol–water partition coefficient (Wildman–Crippen LogP) is 2.38. The van der Waals surface area contributed by atoms with E-state index in [0.29, 0.717) is 36.1 Å². The van der Waals surface area contributed by atoms with Crippen LogP contribution < -0.4 is 0 Å². The van der Waals surface area contributed by atoms with Crippen molar-refractivity contribution in [1.29, 1.82) is 0 Å². The number of benzene rings is 1. The normalized spacial score (nSPS) is 14.5. The molecule has 8 nitrogen and oxygen atoms in total. The molecule has 0 N–H and O–H groups in total. The van der Waals surface area contributed by atoms with Gasteiger partial charge in [-0.15, -0.1) is 11.3 Å². The van der Waals surface area contributed by atoms with Crippen molar-refractivity contribution >= 4 is 27.5 Å². The van der Waals surface area contributed by atoms with Gasteiger partial charge in [-0.25, -0.2) is 9.97 Å². The number of hydrogen-bond acceptors (Lipinski definition) is 8. The lowest BCUT2D eigenvalue weighted by atomic mass is 9.98. The highest BCUT2D eigenvalue weighted by molar-refractivity contribution is 7.16. The van der Waals surface area contributed by atoms with E-state index in [9.17, 15) is 4.79 Å². The number of hydrogen-bond donors (Lipinski definition) is 0. The number of rotatable bonds is 3. The number of carbonyl (C=O) groups excluding carboxylic acids is 1. The maximum absolute atomic E-state index is 12.6. The van der Waals surface area contributed by atoms with Gasteiger partial charge in [-0.05, 0) is 18.2 Å². The van der Waals surface area contributed by atoms with Gasteiger partial charge in [-0.2, -0.15) is 4.98 Å². The summed E-state index contributed by atoms with van der Waals surface area (Å²) in [6.07, 6.45) is 4.75. The minimum atomic E-state index is 0.00483. The first kappa shape index (κ1) is 15.1. The molecule has 5 rings (SSSR count). The van der Waals surface area contributed by atoms with Crippen LogP contribution in [0.25, 0.3) is 21.7 Å². The summed E-state index contributed by atoms with van der Waals surface area (Å²) in [4.78, 5) is 31.2. The van der Waals surface area contributed by atoms with E-state index in [0.717, 1.165) is 10.2 Å². The molecule has 1 aromatic carbocycles. The Labute approximate surface area is 151 Å². The van der Waals surface area contributed by atoms with Crippen molar-refractivity contribution in [3.63, 3.8) is 0 Å². The summed E-state index contributed by atoms with van der Waals surface area (Å²) in [7, 11) is 0. The molecule has 26 heavy (non-hydrogen) atoms. The van der Waals surface area contributed by atoms with Gasteiger partial charge in [-0.1, -0.05) is 5.16 Å². The van der Waals surface area contributed by atoms with Crippen molar-refractivity contribution in [3.05, 3.63) is 53.8 Å². The summed E-state index contributed by atoms with van der Waals surface area (Å²) in [6.45, 7) is 1.11. The van der Waals surface area contributed by atoms with Gasteiger partial charge in [0.15, 0.2) is 0 Å². The molecule has 9 heteroatoms. The highest BCUT2D eigenvalue weighted by Gasteiger charge is 2.36. The van der Waals surface area contributed by atoms with Crippen LogP contribution in [0.3, 0.4) is 0 Å². The van der Waals surface area contributed by atoms with Crippen LogP contribution in [0.2, 0.25) is 0 Å². The number of thiazole rings is 1. The average Bonchev–Trinajstić information content (AvgIpc) is 3.30. The minimum Gasteiger partial charge on any atom is -0.338 e. The number of likely N-dealkylation sites (tertiary alicyclic amines) is 1. The van der Waals surface area contributed by atoms with Crippen LogP contribution in [-0.2, 0) is 0 Å². The first-order valence-electron chi connectivity index (χ1n) is 8.00. The number of carbonyl (C=O) groups is 1. The number of fused-ring (bicyclic) bond motifs is 1. The Hall–Kier alpha value is -3.20. The highest BCUT2D eigenvalue weighted by atomic mass is 32.1. The lowest BCUT2D eigenvalue weighted by Gasteiger charge is -2.37. The molecule has 128 valence electrons. The van der Waals surface area contributed by atoms with Crippen molar-refractivity contribution in [2.75, 3.05) is 13.1 Å². The molecule has 1 aliphatic rings. The molecule has 0 atom stereocenters. The summed E-state index contributed by atoms with van der Waals surface area (Å²) < 4.78 is 6.34. The lowest BCUT2D eigenvalue weighted by molar-refractivity contribution is 0.0569. The molecular formula is C17H12N6O2S. The Kier molecular flexibility index (Phi) is 3.45. The fourth-order valence-electron chi connectivity index (χ4n) is 2.89. The standard InChI is InChI=1S/C17H12N6O2S/c24-17(10-1-2-12-14(5-10)26-9-20-12)23-7-11(8-23)16-21-15(22-25-16)13-6-18-3-4-19-13/h1-6,9,11H,7-8H2. The van der Waals surface area contributed by atoms with Gasteiger partial charge in [0.05, 0.1) is 27.8 Å². The van der Waals surface area contributed by atoms with Gasteiger partial charge >= 0.3 is 0 Å². The van der Waals surface area contributed by atoms with Crippen LogP contribution >= 0.6 is 11.3 Å². The van der Waals surface area contributed by atoms with Crippen molar-refractivity contribution in [1.82, 2.24) is 30.0 Å². The third-order valence-corrected chi connectivity index (χ3v) is 5.12. The van der Waals surface area contributed by atoms with E-state index >= 15 is 0 Å². The molecule has 0 unspecified atom stereocenters. The molecule has 0 aliphatic carbocycles. The predicted molar refractivity (Wildman–Crippen MR) is 93.6 cm³/mol. The van der Waals surface area contributed by atoms with Crippen LogP contribution in [-0.4, -0.2) is 49.0 Å². The molecule has 4 aromatic rings. The molecular weight excluding hydrogens is 352 g/mol. The first-order chi connectivity index (χ1) is 12.8.